The lowest BCUT2D eigenvalue weighted by Crippen LogP contribution is -2.39. The van der Waals surface area contributed by atoms with Gasteiger partial charge in [0, 0.05) is 17.2 Å². The standard InChI is InChI=1S/C17H24O4S/c1-13-4-8-16(9-5-13)22(19)12-15(18)7-6-14-10-20-17(2,3)21-11-14/h4-5,8-9,14H,6-7,10-12H2,1-3H3/t22-/m1/s1. The second-order valence-electron chi connectivity index (χ2n) is 6.27. The molecule has 0 unspecified atom stereocenters. The molecule has 0 aromatic heterocycles. The first-order valence-corrected chi connectivity index (χ1v) is 8.92. The van der Waals surface area contributed by atoms with E-state index >= 15 is 0 Å². The highest BCUT2D eigenvalue weighted by molar-refractivity contribution is 7.85. The minimum absolute atomic E-state index is 0.0312. The molecule has 0 bridgehead atoms. The maximum Gasteiger partial charge on any atom is 0.162 e. The Morgan fingerprint density at radius 1 is 1.23 bits per heavy atom. The summed E-state index contributed by atoms with van der Waals surface area (Å²) in [6, 6.07) is 7.47. The summed E-state index contributed by atoms with van der Waals surface area (Å²) in [4.78, 5) is 12.7. The highest BCUT2D eigenvalue weighted by Crippen LogP contribution is 2.23. The number of rotatable bonds is 6. The normalized spacial score (nSPS) is 19.8. The number of hydrogen-bond donors (Lipinski definition) is 0. The first-order valence-electron chi connectivity index (χ1n) is 7.60. The van der Waals surface area contributed by atoms with Gasteiger partial charge in [-0.3, -0.25) is 9.00 Å². The predicted octanol–water partition coefficient (Wildman–Crippen LogP) is 2.85. The summed E-state index contributed by atoms with van der Waals surface area (Å²) in [5.74, 6) is -0.162. The molecule has 0 saturated carbocycles. The predicted molar refractivity (Wildman–Crippen MR) is 86.2 cm³/mol. The van der Waals surface area contributed by atoms with Gasteiger partial charge in [-0.05, 0) is 39.3 Å². The van der Waals surface area contributed by atoms with Crippen LogP contribution in [0.2, 0.25) is 0 Å². The average molecular weight is 324 g/mol. The minimum atomic E-state index is -1.25. The lowest BCUT2D eigenvalue weighted by atomic mass is 10.0. The molecule has 1 aromatic carbocycles. The summed E-state index contributed by atoms with van der Waals surface area (Å²) in [5, 5.41) is 0. The number of carbonyl (C=O) groups is 1. The summed E-state index contributed by atoms with van der Waals surface area (Å²) in [6.45, 7) is 6.98. The van der Waals surface area contributed by atoms with Crippen molar-refractivity contribution in [3.05, 3.63) is 29.8 Å². The van der Waals surface area contributed by atoms with Crippen molar-refractivity contribution in [3.63, 3.8) is 0 Å². The van der Waals surface area contributed by atoms with Crippen LogP contribution in [0.1, 0.15) is 32.3 Å². The molecule has 4 nitrogen and oxygen atoms in total. The maximum atomic E-state index is 12.1. The first kappa shape index (κ1) is 17.3. The van der Waals surface area contributed by atoms with Crippen molar-refractivity contribution in [1.29, 1.82) is 0 Å². The molecule has 2 rings (SSSR count). The van der Waals surface area contributed by atoms with Gasteiger partial charge in [-0.25, -0.2) is 0 Å². The molecule has 5 heteroatoms. The molecule has 1 saturated heterocycles. The van der Waals surface area contributed by atoms with Gasteiger partial charge in [0.05, 0.1) is 29.8 Å². The van der Waals surface area contributed by atoms with Crippen LogP contribution in [0.5, 0.6) is 0 Å². The fourth-order valence-electron chi connectivity index (χ4n) is 2.25. The number of aryl methyl sites for hydroxylation is 1. The Bertz CT molecular complexity index is 526. The Balaban J connectivity index is 1.74. The zero-order chi connectivity index (χ0) is 16.2. The molecule has 1 aromatic rings. The van der Waals surface area contributed by atoms with Crippen LogP contribution in [0.3, 0.4) is 0 Å². The molecule has 122 valence electrons. The molecule has 1 heterocycles. The molecular formula is C17H24O4S. The van der Waals surface area contributed by atoms with Crippen LogP contribution < -0.4 is 0 Å². The fraction of sp³-hybridized carbons (Fsp3) is 0.588. The molecule has 0 amide bonds. The van der Waals surface area contributed by atoms with Crippen LogP contribution in [0.4, 0.5) is 0 Å². The highest BCUT2D eigenvalue weighted by atomic mass is 32.2. The Morgan fingerprint density at radius 2 is 1.82 bits per heavy atom. The van der Waals surface area contributed by atoms with E-state index in [2.05, 4.69) is 0 Å². The summed E-state index contributed by atoms with van der Waals surface area (Å²) in [7, 11) is -1.25. The third-order valence-corrected chi connectivity index (χ3v) is 5.12. The van der Waals surface area contributed by atoms with E-state index in [1.807, 2.05) is 45.0 Å². The maximum absolute atomic E-state index is 12.1. The third-order valence-electron chi connectivity index (χ3n) is 3.74. The number of benzene rings is 1. The van der Waals surface area contributed by atoms with Crippen molar-refractivity contribution in [1.82, 2.24) is 0 Å². The molecule has 1 atom stereocenters. The van der Waals surface area contributed by atoms with E-state index in [9.17, 15) is 9.00 Å². The molecule has 0 radical (unpaired) electrons. The van der Waals surface area contributed by atoms with E-state index in [0.717, 1.165) is 12.0 Å². The second-order valence-corrected chi connectivity index (χ2v) is 7.72. The van der Waals surface area contributed by atoms with Gasteiger partial charge in [-0.15, -0.1) is 0 Å². The van der Waals surface area contributed by atoms with Gasteiger partial charge in [0.1, 0.15) is 5.78 Å². The van der Waals surface area contributed by atoms with Crippen LogP contribution >= 0.6 is 0 Å². The summed E-state index contributed by atoms with van der Waals surface area (Å²) >= 11 is 0. The van der Waals surface area contributed by atoms with E-state index in [1.54, 1.807) is 0 Å². The van der Waals surface area contributed by atoms with Crippen molar-refractivity contribution in [2.24, 2.45) is 5.92 Å². The van der Waals surface area contributed by atoms with E-state index in [-0.39, 0.29) is 17.5 Å². The van der Waals surface area contributed by atoms with Gasteiger partial charge in [-0.2, -0.15) is 0 Å². The number of ether oxygens (including phenoxy) is 2. The highest BCUT2D eigenvalue weighted by Gasteiger charge is 2.28. The Hall–Kier alpha value is -1.04. The molecule has 0 N–H and O–H groups in total. The summed E-state index contributed by atoms with van der Waals surface area (Å²) in [5.41, 5.74) is 1.12. The van der Waals surface area contributed by atoms with E-state index in [4.69, 9.17) is 9.47 Å². The molecule has 0 aliphatic carbocycles. The quantitative estimate of drug-likeness (QED) is 0.807. The van der Waals surface area contributed by atoms with Crippen molar-refractivity contribution in [2.45, 2.75) is 44.3 Å². The Morgan fingerprint density at radius 3 is 2.41 bits per heavy atom. The second kappa shape index (κ2) is 7.49. The van der Waals surface area contributed by atoms with Gasteiger partial charge < -0.3 is 9.47 Å². The summed E-state index contributed by atoms with van der Waals surface area (Å²) in [6.07, 6.45) is 1.15. The molecule has 1 fully saturated rings. The van der Waals surface area contributed by atoms with Crippen LogP contribution in [0, 0.1) is 12.8 Å². The van der Waals surface area contributed by atoms with Crippen LogP contribution in [0.15, 0.2) is 29.2 Å². The minimum Gasteiger partial charge on any atom is -0.350 e. The lowest BCUT2D eigenvalue weighted by molar-refractivity contribution is -0.262. The third kappa shape index (κ3) is 5.30. The van der Waals surface area contributed by atoms with Crippen molar-refractivity contribution in [2.75, 3.05) is 19.0 Å². The van der Waals surface area contributed by atoms with Gasteiger partial charge >= 0.3 is 0 Å². The zero-order valence-electron chi connectivity index (χ0n) is 13.5. The molecular weight excluding hydrogens is 300 g/mol. The van der Waals surface area contributed by atoms with Crippen LogP contribution in [-0.2, 0) is 25.1 Å². The Kier molecular flexibility index (Phi) is 5.89. The average Bonchev–Trinajstić information content (AvgIpc) is 2.46. The van der Waals surface area contributed by atoms with E-state index in [0.29, 0.717) is 24.5 Å². The van der Waals surface area contributed by atoms with Crippen molar-refractivity contribution in [3.8, 4) is 0 Å². The molecule has 0 spiro atoms. The van der Waals surface area contributed by atoms with Crippen molar-refractivity contribution < 1.29 is 18.5 Å². The summed E-state index contributed by atoms with van der Waals surface area (Å²) < 4.78 is 23.3. The SMILES string of the molecule is Cc1ccc([S@](=O)CC(=O)CCC2COC(C)(C)OC2)cc1. The lowest BCUT2D eigenvalue weighted by Gasteiger charge is -2.34. The first-order chi connectivity index (χ1) is 10.4. The molecule has 1 aliphatic rings. The van der Waals surface area contributed by atoms with Crippen LogP contribution in [-0.4, -0.2) is 34.7 Å². The number of carbonyl (C=O) groups excluding carboxylic acids is 1. The largest absolute Gasteiger partial charge is 0.350 e. The molecule has 1 aliphatic heterocycles. The number of Topliss-reactive ketones (excluding diaryl/α,β-unsaturated/α-hetero) is 1. The van der Waals surface area contributed by atoms with Crippen LogP contribution in [0.25, 0.3) is 0 Å². The van der Waals surface area contributed by atoms with Crippen molar-refractivity contribution >= 4 is 16.6 Å². The zero-order valence-corrected chi connectivity index (χ0v) is 14.3. The van der Waals surface area contributed by atoms with E-state index < -0.39 is 16.6 Å². The topological polar surface area (TPSA) is 52.6 Å². The fourth-order valence-corrected chi connectivity index (χ4v) is 3.29. The van der Waals surface area contributed by atoms with Gasteiger partial charge in [0.2, 0.25) is 0 Å². The smallest absolute Gasteiger partial charge is 0.162 e. The monoisotopic (exact) mass is 324 g/mol. The van der Waals surface area contributed by atoms with Gasteiger partial charge in [0.25, 0.3) is 0 Å². The van der Waals surface area contributed by atoms with E-state index in [1.165, 1.54) is 0 Å². The van der Waals surface area contributed by atoms with Gasteiger partial charge in [0.15, 0.2) is 5.79 Å². The Labute approximate surface area is 134 Å². The van der Waals surface area contributed by atoms with Gasteiger partial charge in [-0.1, -0.05) is 17.7 Å². The number of ketones is 1. The molecule has 22 heavy (non-hydrogen) atoms. The number of hydrogen-bond acceptors (Lipinski definition) is 4.